The maximum Gasteiger partial charge on any atom is 0.0950 e. The van der Waals surface area contributed by atoms with Gasteiger partial charge in [-0.1, -0.05) is 19.3 Å². The molecule has 1 aromatic rings. The monoisotopic (exact) mass is 265 g/mol. The molecule has 0 aliphatic heterocycles. The second kappa shape index (κ2) is 6.03. The largest absolute Gasteiger partial charge is 0.337 e. The number of hydrogen-bond donors (Lipinski definition) is 2. The lowest BCUT2D eigenvalue weighted by molar-refractivity contribution is 0.0549. The van der Waals surface area contributed by atoms with Gasteiger partial charge < -0.3 is 9.47 Å². The standard InChI is InChI=1S/C14H27N5/c1-4-19-10-12(16-11-19)13(17-15)14(18(2)3)8-6-5-7-9-14/h10-11,13,17H,4-9,15H2,1-3H3. The molecule has 1 unspecified atom stereocenters. The Morgan fingerprint density at radius 2 is 2.11 bits per heavy atom. The first kappa shape index (κ1) is 14.5. The molecule has 5 nitrogen and oxygen atoms in total. The number of aromatic nitrogens is 2. The molecule has 0 bridgehead atoms. The van der Waals surface area contributed by atoms with Gasteiger partial charge in [0.2, 0.25) is 0 Å². The van der Waals surface area contributed by atoms with E-state index in [-0.39, 0.29) is 11.6 Å². The van der Waals surface area contributed by atoms with E-state index in [2.05, 4.69) is 47.1 Å². The second-order valence-electron chi connectivity index (χ2n) is 5.79. The summed E-state index contributed by atoms with van der Waals surface area (Å²) in [5, 5.41) is 0. The quantitative estimate of drug-likeness (QED) is 0.628. The van der Waals surface area contributed by atoms with E-state index < -0.39 is 0 Å². The van der Waals surface area contributed by atoms with E-state index >= 15 is 0 Å². The van der Waals surface area contributed by atoms with Crippen LogP contribution in [-0.4, -0.2) is 34.1 Å². The number of imidazole rings is 1. The van der Waals surface area contributed by atoms with E-state index in [1.807, 2.05) is 6.33 Å². The molecule has 5 heteroatoms. The molecule has 1 heterocycles. The molecular formula is C14H27N5. The van der Waals surface area contributed by atoms with Crippen LogP contribution < -0.4 is 11.3 Å². The molecule has 0 aromatic carbocycles. The van der Waals surface area contributed by atoms with E-state index in [1.165, 1.54) is 32.1 Å². The molecule has 0 amide bonds. The minimum atomic E-state index is 0.0833. The highest BCUT2D eigenvalue weighted by Gasteiger charge is 2.43. The summed E-state index contributed by atoms with van der Waals surface area (Å²) in [5.74, 6) is 5.88. The van der Waals surface area contributed by atoms with Gasteiger partial charge in [-0.05, 0) is 33.9 Å². The van der Waals surface area contributed by atoms with Crippen molar-refractivity contribution in [1.29, 1.82) is 0 Å². The highest BCUT2D eigenvalue weighted by molar-refractivity contribution is 5.14. The molecule has 1 aliphatic carbocycles. The first-order valence-electron chi connectivity index (χ1n) is 7.29. The van der Waals surface area contributed by atoms with Crippen LogP contribution in [0.4, 0.5) is 0 Å². The Kier molecular flexibility index (Phi) is 4.60. The van der Waals surface area contributed by atoms with E-state index in [1.54, 1.807) is 0 Å². The molecule has 1 aliphatic rings. The summed E-state index contributed by atoms with van der Waals surface area (Å²) in [6, 6.07) is 0.0931. The lowest BCUT2D eigenvalue weighted by Crippen LogP contribution is -2.56. The minimum absolute atomic E-state index is 0.0833. The molecule has 0 spiro atoms. The zero-order chi connectivity index (χ0) is 13.9. The highest BCUT2D eigenvalue weighted by Crippen LogP contribution is 2.41. The lowest BCUT2D eigenvalue weighted by atomic mass is 9.74. The Labute approximate surface area is 116 Å². The van der Waals surface area contributed by atoms with Crippen molar-refractivity contribution in [2.45, 2.75) is 57.2 Å². The van der Waals surface area contributed by atoms with Crippen molar-refractivity contribution >= 4 is 0 Å². The number of likely N-dealkylation sites (N-methyl/N-ethyl adjacent to an activating group) is 1. The van der Waals surface area contributed by atoms with Crippen molar-refractivity contribution in [3.63, 3.8) is 0 Å². The average molecular weight is 265 g/mol. The van der Waals surface area contributed by atoms with E-state index in [9.17, 15) is 0 Å². The predicted molar refractivity (Wildman–Crippen MR) is 77.5 cm³/mol. The van der Waals surface area contributed by atoms with Crippen LogP contribution in [-0.2, 0) is 6.54 Å². The smallest absolute Gasteiger partial charge is 0.0950 e. The average Bonchev–Trinajstić information content (AvgIpc) is 2.89. The number of rotatable bonds is 5. The van der Waals surface area contributed by atoms with Crippen LogP contribution in [0, 0.1) is 0 Å². The first-order valence-corrected chi connectivity index (χ1v) is 7.29. The summed E-state index contributed by atoms with van der Waals surface area (Å²) < 4.78 is 2.10. The zero-order valence-electron chi connectivity index (χ0n) is 12.4. The normalized spacial score (nSPS) is 20.7. The van der Waals surface area contributed by atoms with Crippen LogP contribution in [0.25, 0.3) is 0 Å². The van der Waals surface area contributed by atoms with Crippen LogP contribution in [0.15, 0.2) is 12.5 Å². The molecule has 0 radical (unpaired) electrons. The third-order valence-corrected chi connectivity index (χ3v) is 4.63. The van der Waals surface area contributed by atoms with Gasteiger partial charge in [0.15, 0.2) is 0 Å². The molecule has 2 rings (SSSR count). The number of aryl methyl sites for hydroxylation is 1. The lowest BCUT2D eigenvalue weighted by Gasteiger charge is -2.47. The summed E-state index contributed by atoms with van der Waals surface area (Å²) >= 11 is 0. The Morgan fingerprint density at radius 1 is 1.42 bits per heavy atom. The van der Waals surface area contributed by atoms with Crippen LogP contribution in [0.2, 0.25) is 0 Å². The van der Waals surface area contributed by atoms with Crippen molar-refractivity contribution in [3.05, 3.63) is 18.2 Å². The van der Waals surface area contributed by atoms with E-state index in [0.29, 0.717) is 0 Å². The molecule has 0 saturated heterocycles. The number of nitrogens with one attached hydrogen (secondary N) is 1. The van der Waals surface area contributed by atoms with Crippen molar-refractivity contribution in [2.24, 2.45) is 5.84 Å². The van der Waals surface area contributed by atoms with Gasteiger partial charge in [-0.3, -0.25) is 5.84 Å². The van der Waals surface area contributed by atoms with Crippen molar-refractivity contribution in [3.8, 4) is 0 Å². The maximum atomic E-state index is 5.88. The van der Waals surface area contributed by atoms with Gasteiger partial charge in [-0.2, -0.15) is 0 Å². The maximum absolute atomic E-state index is 5.88. The fourth-order valence-corrected chi connectivity index (χ4v) is 3.37. The van der Waals surface area contributed by atoms with Crippen LogP contribution in [0.1, 0.15) is 50.8 Å². The summed E-state index contributed by atoms with van der Waals surface area (Å²) in [6.45, 7) is 3.07. The van der Waals surface area contributed by atoms with E-state index in [4.69, 9.17) is 5.84 Å². The molecule has 108 valence electrons. The summed E-state index contributed by atoms with van der Waals surface area (Å²) in [5.41, 5.74) is 4.17. The summed E-state index contributed by atoms with van der Waals surface area (Å²) in [4.78, 5) is 6.89. The van der Waals surface area contributed by atoms with Crippen LogP contribution in [0.3, 0.4) is 0 Å². The van der Waals surface area contributed by atoms with E-state index in [0.717, 1.165) is 12.2 Å². The van der Waals surface area contributed by atoms with Gasteiger partial charge in [0.05, 0.1) is 18.1 Å². The molecule has 1 atom stereocenters. The summed E-state index contributed by atoms with van der Waals surface area (Å²) in [7, 11) is 4.32. The number of nitrogens with two attached hydrogens (primary N) is 1. The Balaban J connectivity index is 2.31. The van der Waals surface area contributed by atoms with Gasteiger partial charge in [-0.25, -0.2) is 10.4 Å². The van der Waals surface area contributed by atoms with Gasteiger partial charge in [0.1, 0.15) is 0 Å². The Hall–Kier alpha value is -0.910. The SMILES string of the molecule is CCn1cnc(C(NN)C2(N(C)C)CCCCC2)c1. The molecule has 1 aromatic heterocycles. The number of nitrogens with zero attached hydrogens (tertiary/aromatic N) is 3. The van der Waals surface area contributed by atoms with Crippen molar-refractivity contribution in [1.82, 2.24) is 19.9 Å². The third kappa shape index (κ3) is 2.68. The fourth-order valence-electron chi connectivity index (χ4n) is 3.37. The number of hydrazine groups is 1. The molecular weight excluding hydrogens is 238 g/mol. The topological polar surface area (TPSA) is 59.1 Å². The second-order valence-corrected chi connectivity index (χ2v) is 5.79. The highest BCUT2D eigenvalue weighted by atomic mass is 15.3. The third-order valence-electron chi connectivity index (χ3n) is 4.63. The fraction of sp³-hybridized carbons (Fsp3) is 0.786. The van der Waals surface area contributed by atoms with Gasteiger partial charge in [0, 0.05) is 18.3 Å². The van der Waals surface area contributed by atoms with Crippen molar-refractivity contribution in [2.75, 3.05) is 14.1 Å². The molecule has 3 N–H and O–H groups in total. The van der Waals surface area contributed by atoms with Gasteiger partial charge in [-0.15, -0.1) is 0 Å². The Bertz CT molecular complexity index is 392. The minimum Gasteiger partial charge on any atom is -0.337 e. The molecule has 1 fully saturated rings. The first-order chi connectivity index (χ1) is 9.14. The van der Waals surface area contributed by atoms with Crippen LogP contribution in [0.5, 0.6) is 0 Å². The number of hydrogen-bond acceptors (Lipinski definition) is 4. The molecule has 1 saturated carbocycles. The van der Waals surface area contributed by atoms with Crippen molar-refractivity contribution < 1.29 is 0 Å². The Morgan fingerprint density at radius 3 is 2.58 bits per heavy atom. The van der Waals surface area contributed by atoms with Gasteiger partial charge >= 0.3 is 0 Å². The zero-order valence-corrected chi connectivity index (χ0v) is 12.4. The van der Waals surface area contributed by atoms with Crippen LogP contribution >= 0.6 is 0 Å². The summed E-state index contributed by atoms with van der Waals surface area (Å²) in [6.07, 6.45) is 10.2. The molecule has 19 heavy (non-hydrogen) atoms. The van der Waals surface area contributed by atoms with Gasteiger partial charge in [0.25, 0.3) is 0 Å². The predicted octanol–water partition coefficient (Wildman–Crippen LogP) is 1.67.